The van der Waals surface area contributed by atoms with Crippen LogP contribution < -0.4 is 0 Å². The summed E-state index contributed by atoms with van der Waals surface area (Å²) in [5.41, 5.74) is -0.0587. The van der Waals surface area contributed by atoms with Crippen LogP contribution in [0.5, 0.6) is 0 Å². The number of fused-ring (bicyclic) bond motifs is 1. The van der Waals surface area contributed by atoms with Gasteiger partial charge in [0.15, 0.2) is 4.96 Å². The second kappa shape index (κ2) is 6.08. The monoisotopic (exact) mass is 350 g/mol. The van der Waals surface area contributed by atoms with Crippen molar-refractivity contribution < 1.29 is 14.3 Å². The molecule has 24 heavy (non-hydrogen) atoms. The maximum atomic E-state index is 12.6. The van der Waals surface area contributed by atoms with Crippen LogP contribution >= 0.6 is 11.3 Å². The van der Waals surface area contributed by atoms with Crippen molar-refractivity contribution in [3.8, 4) is 0 Å². The van der Waals surface area contributed by atoms with Crippen molar-refractivity contribution >= 4 is 28.3 Å². The van der Waals surface area contributed by atoms with Gasteiger partial charge >= 0.3 is 6.09 Å². The van der Waals surface area contributed by atoms with Crippen molar-refractivity contribution in [2.75, 3.05) is 26.2 Å². The second-order valence-electron chi connectivity index (χ2n) is 6.92. The number of piperazine rings is 1. The van der Waals surface area contributed by atoms with Crippen molar-refractivity contribution in [3.63, 3.8) is 0 Å². The number of rotatable bonds is 1. The van der Waals surface area contributed by atoms with Crippen molar-refractivity contribution in [2.24, 2.45) is 0 Å². The van der Waals surface area contributed by atoms with Crippen LogP contribution in [0, 0.1) is 6.92 Å². The minimum atomic E-state index is -0.510. The highest BCUT2D eigenvalue weighted by molar-refractivity contribution is 7.17. The molecule has 1 aliphatic rings. The zero-order chi connectivity index (χ0) is 17.5. The van der Waals surface area contributed by atoms with Gasteiger partial charge in [0.25, 0.3) is 5.91 Å². The lowest BCUT2D eigenvalue weighted by Gasteiger charge is -2.35. The number of hydrogen-bond acceptors (Lipinski definition) is 5. The number of imidazole rings is 1. The molecule has 1 aliphatic heterocycles. The Morgan fingerprint density at radius 2 is 1.75 bits per heavy atom. The molecular formula is C16H22N4O3S. The molecule has 2 amide bonds. The van der Waals surface area contributed by atoms with E-state index in [0.29, 0.717) is 31.9 Å². The number of amides is 2. The fourth-order valence-corrected chi connectivity index (χ4v) is 3.40. The van der Waals surface area contributed by atoms with Crippen molar-refractivity contribution in [3.05, 3.63) is 23.0 Å². The molecule has 0 radical (unpaired) electrons. The normalized spacial score (nSPS) is 15.8. The van der Waals surface area contributed by atoms with Gasteiger partial charge in [0, 0.05) is 43.4 Å². The molecule has 2 aromatic rings. The molecule has 2 aromatic heterocycles. The first-order valence-corrected chi connectivity index (χ1v) is 8.77. The van der Waals surface area contributed by atoms with Gasteiger partial charge in [-0.1, -0.05) is 0 Å². The van der Waals surface area contributed by atoms with E-state index in [9.17, 15) is 9.59 Å². The number of carbonyl (C=O) groups is 2. The van der Waals surface area contributed by atoms with E-state index in [0.717, 1.165) is 9.84 Å². The number of ether oxygens (including phenoxy) is 1. The van der Waals surface area contributed by atoms with Gasteiger partial charge in [-0.25, -0.2) is 9.78 Å². The van der Waals surface area contributed by atoms with E-state index in [2.05, 4.69) is 4.98 Å². The van der Waals surface area contributed by atoms with Gasteiger partial charge in [-0.05, 0) is 27.7 Å². The molecule has 3 rings (SSSR count). The van der Waals surface area contributed by atoms with Gasteiger partial charge < -0.3 is 14.5 Å². The number of nitrogens with zero attached hydrogens (tertiary/aromatic N) is 4. The maximum Gasteiger partial charge on any atom is 0.410 e. The summed E-state index contributed by atoms with van der Waals surface area (Å²) in [4.78, 5) is 34.4. The van der Waals surface area contributed by atoms with E-state index in [4.69, 9.17) is 4.74 Å². The van der Waals surface area contributed by atoms with Gasteiger partial charge in [-0.15, -0.1) is 11.3 Å². The quantitative estimate of drug-likeness (QED) is 0.792. The van der Waals surface area contributed by atoms with E-state index in [1.807, 2.05) is 38.3 Å². The molecule has 130 valence electrons. The molecular weight excluding hydrogens is 328 g/mol. The third kappa shape index (κ3) is 3.53. The summed E-state index contributed by atoms with van der Waals surface area (Å²) in [6, 6.07) is 0. The molecule has 8 heteroatoms. The topological polar surface area (TPSA) is 67.2 Å². The molecule has 0 atom stereocenters. The molecule has 1 saturated heterocycles. The lowest BCUT2D eigenvalue weighted by molar-refractivity contribution is 0.0140. The minimum Gasteiger partial charge on any atom is -0.444 e. The summed E-state index contributed by atoms with van der Waals surface area (Å²) in [6.45, 7) is 9.47. The Kier molecular flexibility index (Phi) is 4.25. The Labute approximate surface area is 144 Å². The van der Waals surface area contributed by atoms with Crippen molar-refractivity contribution in [1.82, 2.24) is 19.2 Å². The summed E-state index contributed by atoms with van der Waals surface area (Å²) in [5.74, 6) is -0.0904. The van der Waals surface area contributed by atoms with E-state index in [1.165, 1.54) is 0 Å². The molecule has 0 N–H and O–H groups in total. The smallest absolute Gasteiger partial charge is 0.410 e. The van der Waals surface area contributed by atoms with Crippen LogP contribution in [0.4, 0.5) is 4.79 Å². The zero-order valence-electron chi connectivity index (χ0n) is 14.4. The van der Waals surface area contributed by atoms with Crippen LogP contribution in [0.25, 0.3) is 4.96 Å². The molecule has 0 spiro atoms. The fraction of sp³-hybridized carbons (Fsp3) is 0.562. The number of hydrogen-bond donors (Lipinski definition) is 0. The van der Waals surface area contributed by atoms with Crippen molar-refractivity contribution in [2.45, 2.75) is 33.3 Å². The lowest BCUT2D eigenvalue weighted by Crippen LogP contribution is -2.51. The van der Waals surface area contributed by atoms with E-state index < -0.39 is 5.60 Å². The third-order valence-corrected chi connectivity index (χ3v) is 4.62. The van der Waals surface area contributed by atoms with E-state index in [1.54, 1.807) is 27.3 Å². The first-order valence-electron chi connectivity index (χ1n) is 7.95. The molecule has 7 nitrogen and oxygen atoms in total. The fourth-order valence-electron chi connectivity index (χ4n) is 2.59. The number of aromatic nitrogens is 2. The number of thiazole rings is 1. The van der Waals surface area contributed by atoms with Crippen LogP contribution in [0.2, 0.25) is 0 Å². The predicted octanol–water partition coefficient (Wildman–Crippen LogP) is 2.40. The van der Waals surface area contributed by atoms with Crippen molar-refractivity contribution in [1.29, 1.82) is 0 Å². The third-order valence-electron chi connectivity index (χ3n) is 3.71. The van der Waals surface area contributed by atoms with Crippen LogP contribution in [-0.4, -0.2) is 63.0 Å². The average molecular weight is 350 g/mol. The van der Waals surface area contributed by atoms with Gasteiger partial charge in [-0.3, -0.25) is 9.20 Å². The van der Waals surface area contributed by atoms with Gasteiger partial charge in [0.2, 0.25) is 0 Å². The SMILES string of the molecule is Cc1cn2cc(C(=O)N3CCN(C(=O)OC(C)(C)C)CC3)nc2s1. The lowest BCUT2D eigenvalue weighted by atomic mass is 10.2. The zero-order valence-corrected chi connectivity index (χ0v) is 15.2. The largest absolute Gasteiger partial charge is 0.444 e. The molecule has 0 aromatic carbocycles. The number of carbonyl (C=O) groups excluding carboxylic acids is 2. The molecule has 1 fully saturated rings. The highest BCUT2D eigenvalue weighted by Crippen LogP contribution is 2.18. The maximum absolute atomic E-state index is 12.6. The highest BCUT2D eigenvalue weighted by atomic mass is 32.1. The summed E-state index contributed by atoms with van der Waals surface area (Å²) in [5, 5.41) is 0. The summed E-state index contributed by atoms with van der Waals surface area (Å²) in [6.07, 6.45) is 3.40. The predicted molar refractivity (Wildman–Crippen MR) is 91.5 cm³/mol. The summed E-state index contributed by atoms with van der Waals surface area (Å²) >= 11 is 1.56. The Balaban J connectivity index is 1.60. The Morgan fingerprint density at radius 1 is 1.12 bits per heavy atom. The molecule has 0 bridgehead atoms. The molecule has 0 unspecified atom stereocenters. The number of aryl methyl sites for hydroxylation is 1. The standard InChI is InChI=1S/C16H22N4O3S/c1-11-9-20-10-12(17-14(20)24-11)13(21)18-5-7-19(8-6-18)15(22)23-16(2,3)4/h9-10H,5-8H2,1-4H3. The van der Waals surface area contributed by atoms with Crippen LogP contribution in [0.15, 0.2) is 12.4 Å². The first-order chi connectivity index (χ1) is 11.2. The first kappa shape index (κ1) is 16.8. The summed E-state index contributed by atoms with van der Waals surface area (Å²) in [7, 11) is 0. The Hall–Kier alpha value is -2.09. The van der Waals surface area contributed by atoms with Gasteiger partial charge in [-0.2, -0.15) is 0 Å². The molecule has 3 heterocycles. The van der Waals surface area contributed by atoms with Crippen LogP contribution in [0.3, 0.4) is 0 Å². The van der Waals surface area contributed by atoms with Crippen LogP contribution in [-0.2, 0) is 4.74 Å². The minimum absolute atomic E-state index is 0.0904. The van der Waals surface area contributed by atoms with E-state index in [-0.39, 0.29) is 12.0 Å². The second-order valence-corrected chi connectivity index (χ2v) is 8.13. The summed E-state index contributed by atoms with van der Waals surface area (Å²) < 4.78 is 7.25. The highest BCUT2D eigenvalue weighted by Gasteiger charge is 2.29. The average Bonchev–Trinajstić information content (AvgIpc) is 3.02. The van der Waals surface area contributed by atoms with E-state index >= 15 is 0 Å². The van der Waals surface area contributed by atoms with Gasteiger partial charge in [0.05, 0.1) is 0 Å². The van der Waals surface area contributed by atoms with Gasteiger partial charge in [0.1, 0.15) is 11.3 Å². The Bertz CT molecular complexity index is 734. The Morgan fingerprint density at radius 3 is 2.33 bits per heavy atom. The van der Waals surface area contributed by atoms with Crippen LogP contribution in [0.1, 0.15) is 36.1 Å². The molecule has 0 saturated carbocycles. The molecule has 0 aliphatic carbocycles.